The Morgan fingerprint density at radius 2 is 1.96 bits per heavy atom. The van der Waals surface area contributed by atoms with E-state index in [9.17, 15) is 9.59 Å². The predicted molar refractivity (Wildman–Crippen MR) is 110 cm³/mol. The summed E-state index contributed by atoms with van der Waals surface area (Å²) in [6, 6.07) is 5.23. The number of hydrogen-bond acceptors (Lipinski definition) is 4. The van der Waals surface area contributed by atoms with Crippen molar-refractivity contribution in [1.82, 2.24) is 14.4 Å². The summed E-state index contributed by atoms with van der Waals surface area (Å²) >= 11 is 6.13. The van der Waals surface area contributed by atoms with Crippen molar-refractivity contribution in [3.8, 4) is 0 Å². The Balaban J connectivity index is 1.48. The largest absolute Gasteiger partial charge is 0.420 e. The molecular formula is C21H28ClN3O3. The number of likely N-dealkylation sites (tertiary alicyclic amines) is 2. The molecular weight excluding hydrogens is 378 g/mol. The Kier molecular flexibility index (Phi) is 5.52. The van der Waals surface area contributed by atoms with Crippen LogP contribution >= 0.6 is 11.6 Å². The Bertz CT molecular complexity index is 911. The lowest BCUT2D eigenvalue weighted by molar-refractivity contribution is -0.135. The van der Waals surface area contributed by atoms with Crippen molar-refractivity contribution in [1.29, 1.82) is 0 Å². The van der Waals surface area contributed by atoms with Crippen LogP contribution in [0, 0.1) is 11.8 Å². The number of carbonyl (C=O) groups excluding carboxylic acids is 1. The van der Waals surface area contributed by atoms with Crippen molar-refractivity contribution in [3.05, 3.63) is 33.8 Å². The molecule has 2 saturated heterocycles. The number of carbonyl (C=O) groups is 1. The van der Waals surface area contributed by atoms with Crippen LogP contribution in [0.1, 0.15) is 39.2 Å². The molecule has 7 heteroatoms. The van der Waals surface area contributed by atoms with E-state index in [1.165, 1.54) is 6.42 Å². The van der Waals surface area contributed by atoms with Gasteiger partial charge in [0.05, 0.1) is 18.1 Å². The maximum Gasteiger partial charge on any atom is 0.420 e. The van der Waals surface area contributed by atoms with Gasteiger partial charge in [-0.1, -0.05) is 25.4 Å². The SMILES string of the molecule is C[C@@H]1C[C@@H](C)CN(C(=O)CN2CCC[C@@H](n3c(=O)oc4ccc(Cl)cc43)C2)C1. The second-order valence-electron chi connectivity index (χ2n) is 8.63. The average molecular weight is 406 g/mol. The first kappa shape index (κ1) is 19.5. The van der Waals surface area contributed by atoms with E-state index < -0.39 is 0 Å². The highest BCUT2D eigenvalue weighted by Gasteiger charge is 2.30. The predicted octanol–water partition coefficient (Wildman–Crippen LogP) is 3.39. The number of amides is 1. The summed E-state index contributed by atoms with van der Waals surface area (Å²) in [5.74, 6) is 0.963. The number of rotatable bonds is 3. The molecule has 4 rings (SSSR count). The molecule has 152 valence electrons. The van der Waals surface area contributed by atoms with Gasteiger partial charge >= 0.3 is 5.76 Å². The quantitative estimate of drug-likeness (QED) is 0.785. The summed E-state index contributed by atoms with van der Waals surface area (Å²) in [5.41, 5.74) is 1.29. The first-order valence-corrected chi connectivity index (χ1v) is 10.6. The third-order valence-corrected chi connectivity index (χ3v) is 6.24. The van der Waals surface area contributed by atoms with Crippen molar-refractivity contribution in [3.63, 3.8) is 0 Å². The molecule has 0 aliphatic carbocycles. The molecule has 2 aliphatic rings. The van der Waals surface area contributed by atoms with Gasteiger partial charge in [0.15, 0.2) is 5.58 Å². The van der Waals surface area contributed by atoms with Gasteiger partial charge in [0.1, 0.15) is 0 Å². The summed E-state index contributed by atoms with van der Waals surface area (Å²) < 4.78 is 7.11. The van der Waals surface area contributed by atoms with Gasteiger partial charge in [-0.2, -0.15) is 0 Å². The van der Waals surface area contributed by atoms with E-state index in [1.54, 1.807) is 22.8 Å². The zero-order chi connectivity index (χ0) is 19.8. The van der Waals surface area contributed by atoms with Gasteiger partial charge in [-0.05, 0) is 55.8 Å². The van der Waals surface area contributed by atoms with Crippen molar-refractivity contribution in [2.75, 3.05) is 32.7 Å². The van der Waals surface area contributed by atoms with Gasteiger partial charge in [-0.25, -0.2) is 4.79 Å². The van der Waals surface area contributed by atoms with Gasteiger partial charge in [0.2, 0.25) is 5.91 Å². The molecule has 3 heterocycles. The van der Waals surface area contributed by atoms with E-state index >= 15 is 0 Å². The van der Waals surface area contributed by atoms with Crippen LogP contribution in [0.3, 0.4) is 0 Å². The number of benzene rings is 1. The Morgan fingerprint density at radius 3 is 2.71 bits per heavy atom. The third-order valence-electron chi connectivity index (χ3n) is 6.00. The lowest BCUT2D eigenvalue weighted by atomic mass is 9.92. The molecule has 0 unspecified atom stereocenters. The molecule has 2 fully saturated rings. The number of halogens is 1. The average Bonchev–Trinajstić information content (AvgIpc) is 2.96. The molecule has 0 N–H and O–H groups in total. The Morgan fingerprint density at radius 1 is 1.21 bits per heavy atom. The van der Waals surface area contributed by atoms with Crippen LogP contribution < -0.4 is 5.76 Å². The molecule has 3 atom stereocenters. The van der Waals surface area contributed by atoms with Gasteiger partial charge in [0.25, 0.3) is 0 Å². The molecule has 0 spiro atoms. The fourth-order valence-corrected chi connectivity index (χ4v) is 5.06. The molecule has 6 nitrogen and oxygen atoms in total. The highest BCUT2D eigenvalue weighted by molar-refractivity contribution is 6.31. The maximum absolute atomic E-state index is 12.9. The summed E-state index contributed by atoms with van der Waals surface area (Å²) in [7, 11) is 0. The smallest absolute Gasteiger partial charge is 0.408 e. The number of piperidine rings is 2. The number of oxazole rings is 1. The Labute approximate surface area is 170 Å². The number of aromatic nitrogens is 1. The van der Waals surface area contributed by atoms with E-state index in [2.05, 4.69) is 18.7 Å². The maximum atomic E-state index is 12.9. The van der Waals surface area contributed by atoms with Crippen LogP contribution in [0.15, 0.2) is 27.4 Å². The topological polar surface area (TPSA) is 58.7 Å². The summed E-state index contributed by atoms with van der Waals surface area (Å²) in [6.45, 7) is 8.11. The van der Waals surface area contributed by atoms with E-state index in [0.717, 1.165) is 38.0 Å². The normalized spacial score (nSPS) is 26.7. The van der Waals surface area contributed by atoms with Crippen LogP contribution in [0.4, 0.5) is 0 Å². The van der Waals surface area contributed by atoms with E-state index in [1.807, 2.05) is 4.90 Å². The number of fused-ring (bicyclic) bond motifs is 1. The molecule has 2 aromatic rings. The molecule has 1 aromatic heterocycles. The van der Waals surface area contributed by atoms with Crippen LogP contribution in [-0.2, 0) is 4.79 Å². The fraction of sp³-hybridized carbons (Fsp3) is 0.619. The van der Waals surface area contributed by atoms with Gasteiger partial charge < -0.3 is 9.32 Å². The highest BCUT2D eigenvalue weighted by atomic mass is 35.5. The fourth-order valence-electron chi connectivity index (χ4n) is 4.90. The Hall–Kier alpha value is -1.79. The van der Waals surface area contributed by atoms with Crippen molar-refractivity contribution in [2.45, 2.75) is 39.2 Å². The van der Waals surface area contributed by atoms with Gasteiger partial charge in [0, 0.05) is 24.7 Å². The van der Waals surface area contributed by atoms with E-state index in [4.69, 9.17) is 16.0 Å². The first-order chi connectivity index (χ1) is 13.4. The van der Waals surface area contributed by atoms with Crippen molar-refractivity contribution in [2.24, 2.45) is 11.8 Å². The molecule has 1 amide bonds. The van der Waals surface area contributed by atoms with Crippen molar-refractivity contribution < 1.29 is 9.21 Å². The molecule has 0 radical (unpaired) electrons. The second kappa shape index (κ2) is 7.91. The standard InChI is InChI=1S/C21H28ClN3O3/c1-14-8-15(2)11-24(10-14)20(26)13-23-7-3-4-17(12-23)25-18-9-16(22)5-6-19(18)28-21(25)27/h5-6,9,14-15,17H,3-4,7-8,10-13H2,1-2H3/t14-,15-,17-/m1/s1. The minimum Gasteiger partial charge on any atom is -0.408 e. The second-order valence-corrected chi connectivity index (χ2v) is 9.06. The highest BCUT2D eigenvalue weighted by Crippen LogP contribution is 2.27. The summed E-state index contributed by atoms with van der Waals surface area (Å²) in [4.78, 5) is 29.5. The van der Waals surface area contributed by atoms with Crippen LogP contribution in [-0.4, -0.2) is 53.0 Å². The molecule has 28 heavy (non-hydrogen) atoms. The van der Waals surface area contributed by atoms with E-state index in [-0.39, 0.29) is 17.7 Å². The van der Waals surface area contributed by atoms with Crippen molar-refractivity contribution >= 4 is 28.6 Å². The van der Waals surface area contributed by atoms with Crippen LogP contribution in [0.2, 0.25) is 5.02 Å². The lowest BCUT2D eigenvalue weighted by Gasteiger charge is -2.38. The molecule has 2 aliphatic heterocycles. The van der Waals surface area contributed by atoms with E-state index in [0.29, 0.717) is 35.5 Å². The summed E-state index contributed by atoms with van der Waals surface area (Å²) in [6.07, 6.45) is 3.03. The molecule has 0 bridgehead atoms. The molecule has 1 aromatic carbocycles. The number of hydrogen-bond donors (Lipinski definition) is 0. The van der Waals surface area contributed by atoms with Gasteiger partial charge in [-0.3, -0.25) is 14.3 Å². The first-order valence-electron chi connectivity index (χ1n) is 10.2. The lowest BCUT2D eigenvalue weighted by Crippen LogP contribution is -2.49. The monoisotopic (exact) mass is 405 g/mol. The minimum atomic E-state index is -0.353. The zero-order valence-electron chi connectivity index (χ0n) is 16.6. The zero-order valence-corrected chi connectivity index (χ0v) is 17.3. The minimum absolute atomic E-state index is 0.00651. The van der Waals surface area contributed by atoms with Crippen LogP contribution in [0.25, 0.3) is 11.1 Å². The molecule has 0 saturated carbocycles. The summed E-state index contributed by atoms with van der Waals surface area (Å²) in [5, 5.41) is 0.582. The number of nitrogens with zero attached hydrogens (tertiary/aromatic N) is 3. The third kappa shape index (κ3) is 3.98. The van der Waals surface area contributed by atoms with Crippen LogP contribution in [0.5, 0.6) is 0 Å². The van der Waals surface area contributed by atoms with Gasteiger partial charge in [-0.15, -0.1) is 0 Å².